The fourth-order valence-electron chi connectivity index (χ4n) is 6.82. The summed E-state index contributed by atoms with van der Waals surface area (Å²) in [4.78, 5) is 95.1. The number of dihydropyridines is 1. The van der Waals surface area contributed by atoms with E-state index < -0.39 is 65.1 Å². The second-order valence-corrected chi connectivity index (χ2v) is 12.5. The highest BCUT2D eigenvalue weighted by atomic mass is 16.5. The third kappa shape index (κ3) is 5.19. The number of nitrogens with one attached hydrogen (secondary N) is 3. The summed E-state index contributed by atoms with van der Waals surface area (Å²) >= 11 is 0. The van der Waals surface area contributed by atoms with Gasteiger partial charge in [0.05, 0.1) is 42.3 Å². The molecule has 0 radical (unpaired) electrons. The molecule has 1 aromatic rings. The van der Waals surface area contributed by atoms with Crippen LogP contribution in [-0.2, 0) is 43.0 Å². The van der Waals surface area contributed by atoms with Gasteiger partial charge in [0.25, 0.3) is 0 Å². The third-order valence-corrected chi connectivity index (χ3v) is 8.87. The average molecular weight is 664 g/mol. The predicted molar refractivity (Wildman–Crippen MR) is 169 cm³/mol. The summed E-state index contributed by atoms with van der Waals surface area (Å²) in [6.07, 6.45) is 1.92. The van der Waals surface area contributed by atoms with E-state index in [1.165, 1.54) is 39.0 Å². The van der Waals surface area contributed by atoms with Crippen molar-refractivity contribution in [1.82, 2.24) is 20.9 Å². The molecule has 1 aromatic carbocycles. The monoisotopic (exact) mass is 663 g/mol. The Labute approximate surface area is 276 Å². The van der Waals surface area contributed by atoms with Gasteiger partial charge in [-0.05, 0) is 32.9 Å². The first-order chi connectivity index (χ1) is 22.6. The number of hydrogen-bond donors (Lipinski definition) is 3. The van der Waals surface area contributed by atoms with E-state index >= 15 is 0 Å². The number of methoxy groups -OCH3 is 3. The molecule has 15 nitrogen and oxygen atoms in total. The van der Waals surface area contributed by atoms with Crippen molar-refractivity contribution in [3.63, 3.8) is 0 Å². The van der Waals surface area contributed by atoms with Gasteiger partial charge < -0.3 is 29.6 Å². The number of esters is 1. The molecule has 0 aromatic heterocycles. The van der Waals surface area contributed by atoms with Gasteiger partial charge in [0, 0.05) is 43.7 Å². The number of hydrogen-bond acceptors (Lipinski definition) is 13. The van der Waals surface area contributed by atoms with E-state index in [-0.39, 0.29) is 52.5 Å². The van der Waals surface area contributed by atoms with Gasteiger partial charge in [-0.15, -0.1) is 0 Å². The first-order valence-electron chi connectivity index (χ1n) is 15.1. The summed E-state index contributed by atoms with van der Waals surface area (Å²) < 4.78 is 16.1. The highest BCUT2D eigenvalue weighted by Gasteiger charge is 2.59. The quantitative estimate of drug-likeness (QED) is 0.185. The lowest BCUT2D eigenvalue weighted by Gasteiger charge is -2.56. The number of benzene rings is 1. The van der Waals surface area contributed by atoms with Crippen molar-refractivity contribution in [1.29, 1.82) is 0 Å². The summed E-state index contributed by atoms with van der Waals surface area (Å²) in [5.74, 6) is -3.52. The standard InChI is InChI=1S/C33H37N5O10/c1-17(40)19-13-32(4,16-39)36-33(35-19)25-18-9-8-10-21(47-6)28(18)38(24(44)14-37-22(42)11-12-23(37)43)31(2,3)29(25)34-27(30(45)48-7)26(33)20(41)15-46-5/h8-10,13,16,34-36H,11-12,14-15H2,1-7H3. The molecule has 5 rings (SSSR count). The van der Waals surface area contributed by atoms with Crippen molar-refractivity contribution in [2.75, 3.05) is 39.4 Å². The molecule has 0 saturated carbocycles. The molecule has 2 atom stereocenters. The van der Waals surface area contributed by atoms with Crippen molar-refractivity contribution in [3.05, 3.63) is 52.5 Å². The van der Waals surface area contributed by atoms with Gasteiger partial charge in [0.2, 0.25) is 17.7 Å². The van der Waals surface area contributed by atoms with Crippen LogP contribution in [0.1, 0.15) is 46.1 Å². The Morgan fingerprint density at radius 2 is 1.69 bits per heavy atom. The minimum Gasteiger partial charge on any atom is -0.495 e. The molecule has 48 heavy (non-hydrogen) atoms. The van der Waals surface area contributed by atoms with Crippen molar-refractivity contribution in [3.8, 4) is 5.75 Å². The molecule has 1 spiro atoms. The second-order valence-electron chi connectivity index (χ2n) is 12.5. The molecule has 1 fully saturated rings. The SMILES string of the molecule is COCC(=O)C1=C(C(=O)OC)NC2=C(c3cccc(OC)c3N(C(=O)CN3C(=O)CCC3=O)C2(C)C)C12NC(C(C)=O)=CC(C)(C=O)N2. The zero-order valence-corrected chi connectivity index (χ0v) is 27.7. The maximum Gasteiger partial charge on any atom is 0.355 e. The van der Waals surface area contributed by atoms with Crippen LogP contribution in [0.2, 0.25) is 0 Å². The van der Waals surface area contributed by atoms with Crippen molar-refractivity contribution in [2.45, 2.75) is 57.3 Å². The van der Waals surface area contributed by atoms with Crippen LogP contribution < -0.4 is 25.6 Å². The van der Waals surface area contributed by atoms with E-state index in [1.54, 1.807) is 32.0 Å². The number of fused-ring (bicyclic) bond motifs is 3. The number of rotatable bonds is 9. The lowest BCUT2D eigenvalue weighted by Crippen LogP contribution is -2.73. The molecule has 0 aliphatic carbocycles. The summed E-state index contributed by atoms with van der Waals surface area (Å²) in [6, 6.07) is 4.90. The lowest BCUT2D eigenvalue weighted by molar-refractivity contribution is -0.142. The molecule has 4 aliphatic heterocycles. The largest absolute Gasteiger partial charge is 0.495 e. The number of carbonyl (C=O) groups excluding carboxylic acids is 7. The maximum atomic E-state index is 14.3. The van der Waals surface area contributed by atoms with Crippen LogP contribution in [-0.4, -0.2) is 97.7 Å². The molecule has 4 heterocycles. The first-order valence-corrected chi connectivity index (χ1v) is 15.1. The number of ether oxygens (including phenoxy) is 3. The van der Waals surface area contributed by atoms with Gasteiger partial charge >= 0.3 is 5.97 Å². The topological polar surface area (TPSA) is 190 Å². The summed E-state index contributed by atoms with van der Waals surface area (Å²) in [6.45, 7) is 5.03. The van der Waals surface area contributed by atoms with Gasteiger partial charge in [-0.3, -0.25) is 39.1 Å². The molecule has 3 N–H and O–H groups in total. The Balaban J connectivity index is 1.89. The smallest absolute Gasteiger partial charge is 0.355 e. The Hall–Kier alpha value is -5.15. The molecular formula is C33H37N5O10. The number of carbonyl (C=O) groups is 7. The summed E-state index contributed by atoms with van der Waals surface area (Å²) in [5, 5.41) is 9.44. The maximum absolute atomic E-state index is 14.3. The van der Waals surface area contributed by atoms with Gasteiger partial charge in [-0.1, -0.05) is 12.1 Å². The number of likely N-dealkylation sites (tertiary alicyclic amines) is 1. The van der Waals surface area contributed by atoms with Gasteiger partial charge in [0.1, 0.15) is 30.9 Å². The van der Waals surface area contributed by atoms with E-state index in [2.05, 4.69) is 16.0 Å². The number of allylic oxidation sites excluding steroid dienone is 1. The first kappa shape index (κ1) is 34.2. The van der Waals surface area contributed by atoms with E-state index in [4.69, 9.17) is 14.2 Å². The Morgan fingerprint density at radius 1 is 1.02 bits per heavy atom. The number of para-hydroxylation sites is 1. The molecule has 4 aliphatic rings. The van der Waals surface area contributed by atoms with Crippen LogP contribution in [0.3, 0.4) is 0 Å². The molecular weight excluding hydrogens is 626 g/mol. The zero-order valence-electron chi connectivity index (χ0n) is 27.7. The molecule has 2 unspecified atom stereocenters. The van der Waals surface area contributed by atoms with Crippen molar-refractivity contribution in [2.24, 2.45) is 0 Å². The number of anilines is 1. The number of ketones is 2. The minimum atomic E-state index is -1.99. The van der Waals surface area contributed by atoms with Crippen LogP contribution in [0.15, 0.2) is 46.9 Å². The van der Waals surface area contributed by atoms with Crippen molar-refractivity contribution >= 4 is 52.8 Å². The number of Topliss-reactive ketones (excluding diaryl/α,β-unsaturated/α-hetero) is 2. The van der Waals surface area contributed by atoms with Crippen LogP contribution in [0, 0.1) is 0 Å². The van der Waals surface area contributed by atoms with Gasteiger partial charge in [0.15, 0.2) is 17.2 Å². The zero-order chi connectivity index (χ0) is 35.3. The number of imide groups is 1. The number of amides is 3. The molecule has 254 valence electrons. The molecule has 0 bridgehead atoms. The van der Waals surface area contributed by atoms with E-state index in [0.717, 1.165) is 12.0 Å². The molecule has 15 heteroatoms. The Bertz CT molecular complexity index is 1760. The second kappa shape index (κ2) is 12.1. The van der Waals surface area contributed by atoms with Gasteiger partial charge in [-0.2, -0.15) is 0 Å². The van der Waals surface area contributed by atoms with Crippen LogP contribution in [0.25, 0.3) is 5.57 Å². The molecule has 3 amide bonds. The summed E-state index contributed by atoms with van der Waals surface area (Å²) in [5.41, 5.74) is -4.66. The average Bonchev–Trinajstić information content (AvgIpc) is 3.35. The molecule has 1 saturated heterocycles. The third-order valence-electron chi connectivity index (χ3n) is 8.87. The fraction of sp³-hybridized carbons (Fsp3) is 0.424. The van der Waals surface area contributed by atoms with Crippen LogP contribution in [0.4, 0.5) is 5.69 Å². The van der Waals surface area contributed by atoms with Crippen molar-refractivity contribution < 1.29 is 47.8 Å². The normalized spacial score (nSPS) is 24.4. The fourth-order valence-corrected chi connectivity index (χ4v) is 6.82. The van der Waals surface area contributed by atoms with E-state index in [0.29, 0.717) is 11.8 Å². The number of nitrogens with zero attached hydrogens (tertiary/aromatic N) is 2. The van der Waals surface area contributed by atoms with E-state index in [9.17, 15) is 33.6 Å². The van der Waals surface area contributed by atoms with Gasteiger partial charge in [-0.25, -0.2) is 4.79 Å². The Kier molecular flexibility index (Phi) is 8.65. The summed E-state index contributed by atoms with van der Waals surface area (Å²) in [7, 11) is 3.82. The number of aldehydes is 1. The van der Waals surface area contributed by atoms with Crippen LogP contribution >= 0.6 is 0 Å². The highest BCUT2D eigenvalue weighted by molar-refractivity contribution is 6.15. The Morgan fingerprint density at radius 3 is 2.25 bits per heavy atom. The highest BCUT2D eigenvalue weighted by Crippen LogP contribution is 2.54. The van der Waals surface area contributed by atoms with E-state index in [1.807, 2.05) is 0 Å². The lowest BCUT2D eigenvalue weighted by atomic mass is 9.70. The predicted octanol–water partition coefficient (Wildman–Crippen LogP) is 0.246. The minimum absolute atomic E-state index is 0.0147. The van der Waals surface area contributed by atoms with Crippen LogP contribution in [0.5, 0.6) is 5.75 Å².